The summed E-state index contributed by atoms with van der Waals surface area (Å²) in [5.41, 5.74) is 0.545. The first kappa shape index (κ1) is 10.6. The maximum absolute atomic E-state index is 8.78. The van der Waals surface area contributed by atoms with Crippen molar-refractivity contribution in [3.63, 3.8) is 0 Å². The van der Waals surface area contributed by atoms with Gasteiger partial charge in [-0.25, -0.2) is 4.98 Å². The van der Waals surface area contributed by atoms with E-state index >= 15 is 0 Å². The molecule has 1 saturated heterocycles. The van der Waals surface area contributed by atoms with Gasteiger partial charge in [0, 0.05) is 11.8 Å². The van der Waals surface area contributed by atoms with Crippen molar-refractivity contribution < 1.29 is 0 Å². The van der Waals surface area contributed by atoms with Crippen LogP contribution in [-0.2, 0) is 0 Å². The maximum atomic E-state index is 8.78. The van der Waals surface area contributed by atoms with Crippen LogP contribution in [0.4, 0.5) is 5.82 Å². The lowest BCUT2D eigenvalue weighted by atomic mass is 10.2. The maximum Gasteiger partial charge on any atom is 0.132 e. The van der Waals surface area contributed by atoms with E-state index in [1.165, 1.54) is 5.75 Å². The highest BCUT2D eigenvalue weighted by Gasteiger charge is 2.15. The Morgan fingerprint density at radius 2 is 2.47 bits per heavy atom. The van der Waals surface area contributed by atoms with Crippen LogP contribution in [0.25, 0.3) is 0 Å². The molecule has 0 amide bonds. The predicted molar refractivity (Wildman–Crippen MR) is 63.3 cm³/mol. The number of nitrogens with one attached hydrogen (secondary N) is 1. The molecule has 3 nitrogen and oxygen atoms in total. The summed E-state index contributed by atoms with van der Waals surface area (Å²) in [4.78, 5) is 4.14. The molecule has 1 aromatic rings. The number of thioether (sulfide) groups is 1. The summed E-state index contributed by atoms with van der Waals surface area (Å²) in [6, 6.07) is 5.81. The zero-order valence-corrected chi connectivity index (χ0v) is 9.61. The number of nitrogens with zero attached hydrogens (tertiary/aromatic N) is 2. The summed E-state index contributed by atoms with van der Waals surface area (Å²) < 4.78 is 0. The number of nitriles is 1. The first-order valence-electron chi connectivity index (χ1n) is 4.70. The molecule has 0 bridgehead atoms. The van der Waals surface area contributed by atoms with E-state index in [9.17, 15) is 0 Å². The number of hydrogen-bond donors (Lipinski definition) is 1. The molecule has 1 aliphatic heterocycles. The highest BCUT2D eigenvalue weighted by molar-refractivity contribution is 7.99. The normalized spacial score (nSPS) is 19.9. The first-order chi connectivity index (χ1) is 7.28. The van der Waals surface area contributed by atoms with E-state index in [1.54, 1.807) is 12.1 Å². The zero-order chi connectivity index (χ0) is 10.7. The fourth-order valence-corrected chi connectivity index (χ4v) is 2.85. The molecule has 0 radical (unpaired) electrons. The summed E-state index contributed by atoms with van der Waals surface area (Å²) in [5, 5.41) is 12.4. The molecular formula is C10H10ClN3S. The number of pyridine rings is 1. The van der Waals surface area contributed by atoms with Crippen molar-refractivity contribution in [1.82, 2.24) is 4.98 Å². The Balaban J connectivity index is 2.13. The Morgan fingerprint density at radius 3 is 3.13 bits per heavy atom. The molecule has 1 N–H and O–H groups in total. The van der Waals surface area contributed by atoms with Crippen LogP contribution in [-0.4, -0.2) is 22.5 Å². The highest BCUT2D eigenvalue weighted by Crippen LogP contribution is 2.22. The Hall–Kier alpha value is -0.920. The second-order valence-electron chi connectivity index (χ2n) is 3.38. The average molecular weight is 240 g/mol. The van der Waals surface area contributed by atoms with Gasteiger partial charge in [0.15, 0.2) is 0 Å². The Bertz CT molecular complexity index is 396. The lowest BCUT2D eigenvalue weighted by molar-refractivity contribution is 0.807. The summed E-state index contributed by atoms with van der Waals surface area (Å²) >= 11 is 7.73. The van der Waals surface area contributed by atoms with Gasteiger partial charge in [-0.15, -0.1) is 0 Å². The van der Waals surface area contributed by atoms with Crippen LogP contribution >= 0.6 is 23.4 Å². The summed E-state index contributed by atoms with van der Waals surface area (Å²) in [6.45, 7) is 0. The van der Waals surface area contributed by atoms with Gasteiger partial charge < -0.3 is 5.32 Å². The van der Waals surface area contributed by atoms with Crippen molar-refractivity contribution in [2.24, 2.45) is 0 Å². The molecule has 1 unspecified atom stereocenters. The number of rotatable bonds is 2. The molecule has 0 aromatic carbocycles. The minimum absolute atomic E-state index is 0.363. The lowest BCUT2D eigenvalue weighted by Gasteiger charge is -2.11. The third-order valence-corrected chi connectivity index (χ3v) is 3.56. The largest absolute Gasteiger partial charge is 0.366 e. The topological polar surface area (TPSA) is 48.7 Å². The SMILES string of the molecule is N#Cc1cc(Cl)nc(NC2CCSC2)c1. The monoisotopic (exact) mass is 239 g/mol. The standard InChI is InChI=1S/C10H10ClN3S/c11-9-3-7(5-12)4-10(14-9)13-8-1-2-15-6-8/h3-4,8H,1-2,6H2,(H,13,14). The lowest BCUT2D eigenvalue weighted by Crippen LogP contribution is -2.18. The second-order valence-corrected chi connectivity index (χ2v) is 4.92. The quantitative estimate of drug-likeness (QED) is 0.806. The van der Waals surface area contributed by atoms with E-state index in [-0.39, 0.29) is 0 Å². The molecule has 0 aliphatic carbocycles. The van der Waals surface area contributed by atoms with Gasteiger partial charge >= 0.3 is 0 Å². The van der Waals surface area contributed by atoms with Crippen molar-refractivity contribution in [2.45, 2.75) is 12.5 Å². The Kier molecular flexibility index (Phi) is 3.34. The van der Waals surface area contributed by atoms with E-state index < -0.39 is 0 Å². The average Bonchev–Trinajstić information content (AvgIpc) is 2.69. The van der Waals surface area contributed by atoms with Crippen LogP contribution in [0.15, 0.2) is 12.1 Å². The number of anilines is 1. The number of halogens is 1. The molecule has 1 fully saturated rings. The predicted octanol–water partition coefficient (Wildman–Crippen LogP) is 2.52. The molecule has 1 aromatic heterocycles. The summed E-state index contributed by atoms with van der Waals surface area (Å²) in [6.07, 6.45) is 1.14. The van der Waals surface area contributed by atoms with E-state index in [0.717, 1.165) is 12.2 Å². The third kappa shape index (κ3) is 2.77. The van der Waals surface area contributed by atoms with Gasteiger partial charge in [0.2, 0.25) is 0 Å². The van der Waals surface area contributed by atoms with E-state index in [4.69, 9.17) is 16.9 Å². The molecule has 2 rings (SSSR count). The van der Waals surface area contributed by atoms with E-state index in [1.807, 2.05) is 11.8 Å². The fraction of sp³-hybridized carbons (Fsp3) is 0.400. The molecule has 5 heteroatoms. The van der Waals surface area contributed by atoms with Crippen LogP contribution in [0.3, 0.4) is 0 Å². The highest BCUT2D eigenvalue weighted by atomic mass is 35.5. The van der Waals surface area contributed by atoms with Crippen LogP contribution in [0.5, 0.6) is 0 Å². The van der Waals surface area contributed by atoms with Gasteiger partial charge in [-0.1, -0.05) is 11.6 Å². The van der Waals surface area contributed by atoms with Gasteiger partial charge in [0.25, 0.3) is 0 Å². The van der Waals surface area contributed by atoms with Gasteiger partial charge in [-0.3, -0.25) is 0 Å². The van der Waals surface area contributed by atoms with Crippen LogP contribution in [0.2, 0.25) is 5.15 Å². The molecule has 0 spiro atoms. The zero-order valence-electron chi connectivity index (χ0n) is 8.03. The van der Waals surface area contributed by atoms with E-state index in [0.29, 0.717) is 22.6 Å². The Labute approximate surface area is 97.8 Å². The van der Waals surface area contributed by atoms with Crippen molar-refractivity contribution >= 4 is 29.2 Å². The molecule has 0 saturated carbocycles. The number of hydrogen-bond acceptors (Lipinski definition) is 4. The molecule has 15 heavy (non-hydrogen) atoms. The van der Waals surface area contributed by atoms with Crippen LogP contribution in [0.1, 0.15) is 12.0 Å². The molecular weight excluding hydrogens is 230 g/mol. The van der Waals surface area contributed by atoms with Gasteiger partial charge in [0.1, 0.15) is 11.0 Å². The molecule has 1 atom stereocenters. The minimum atomic E-state index is 0.363. The third-order valence-electron chi connectivity index (χ3n) is 2.20. The van der Waals surface area contributed by atoms with Crippen LogP contribution < -0.4 is 5.32 Å². The minimum Gasteiger partial charge on any atom is -0.366 e. The number of aromatic nitrogens is 1. The smallest absolute Gasteiger partial charge is 0.132 e. The van der Waals surface area contributed by atoms with Gasteiger partial charge in [-0.2, -0.15) is 17.0 Å². The van der Waals surface area contributed by atoms with Crippen molar-refractivity contribution in [2.75, 3.05) is 16.8 Å². The van der Waals surface area contributed by atoms with Crippen molar-refractivity contribution in [3.8, 4) is 6.07 Å². The van der Waals surface area contributed by atoms with Crippen LogP contribution in [0, 0.1) is 11.3 Å². The Morgan fingerprint density at radius 1 is 1.60 bits per heavy atom. The summed E-state index contributed by atoms with van der Waals surface area (Å²) in [5.74, 6) is 2.98. The van der Waals surface area contributed by atoms with Gasteiger partial charge in [-0.05, 0) is 24.3 Å². The van der Waals surface area contributed by atoms with Crippen molar-refractivity contribution in [3.05, 3.63) is 22.8 Å². The molecule has 2 heterocycles. The molecule has 78 valence electrons. The molecule has 1 aliphatic rings. The van der Waals surface area contributed by atoms with Gasteiger partial charge in [0.05, 0.1) is 11.6 Å². The van der Waals surface area contributed by atoms with E-state index in [2.05, 4.69) is 16.4 Å². The van der Waals surface area contributed by atoms with Crippen molar-refractivity contribution in [1.29, 1.82) is 5.26 Å². The fourth-order valence-electron chi connectivity index (χ4n) is 1.49. The first-order valence-corrected chi connectivity index (χ1v) is 6.23. The second kappa shape index (κ2) is 4.73. The summed E-state index contributed by atoms with van der Waals surface area (Å²) in [7, 11) is 0.